The van der Waals surface area contributed by atoms with Crippen molar-refractivity contribution >= 4 is 23.4 Å². The van der Waals surface area contributed by atoms with Gasteiger partial charge >= 0.3 is 0 Å². The molecule has 6 heteroatoms. The minimum absolute atomic E-state index is 0.0758. The van der Waals surface area contributed by atoms with E-state index in [0.29, 0.717) is 23.8 Å². The summed E-state index contributed by atoms with van der Waals surface area (Å²) in [6, 6.07) is 4.66. The number of ether oxygens (including phenoxy) is 1. The third kappa shape index (κ3) is 4.40. The highest BCUT2D eigenvalue weighted by atomic mass is 32.2. The molecule has 0 radical (unpaired) electrons. The predicted octanol–water partition coefficient (Wildman–Crippen LogP) is 1.80. The molecular formula is C13H17FN2O2S. The number of carbonyl (C=O) groups is 1. The van der Waals surface area contributed by atoms with Gasteiger partial charge in [0, 0.05) is 29.8 Å². The average molecular weight is 284 g/mol. The maximum atomic E-state index is 13.5. The van der Waals surface area contributed by atoms with Gasteiger partial charge in [0.25, 0.3) is 0 Å². The number of rotatable bonds is 4. The molecule has 1 amide bonds. The molecule has 1 aromatic rings. The van der Waals surface area contributed by atoms with Gasteiger partial charge in [0.05, 0.1) is 5.75 Å². The van der Waals surface area contributed by atoms with Crippen molar-refractivity contribution in [3.63, 3.8) is 0 Å². The molecule has 19 heavy (non-hydrogen) atoms. The van der Waals surface area contributed by atoms with Crippen molar-refractivity contribution in [2.45, 2.75) is 23.8 Å². The molecule has 0 atom stereocenters. The zero-order valence-corrected chi connectivity index (χ0v) is 11.3. The summed E-state index contributed by atoms with van der Waals surface area (Å²) < 4.78 is 18.7. The number of thioether (sulfide) groups is 1. The second kappa shape index (κ2) is 6.77. The fourth-order valence-electron chi connectivity index (χ4n) is 1.89. The molecule has 0 aliphatic carbocycles. The first-order valence-electron chi connectivity index (χ1n) is 6.20. The Morgan fingerprint density at radius 1 is 1.47 bits per heavy atom. The molecule has 1 aromatic carbocycles. The van der Waals surface area contributed by atoms with Crippen molar-refractivity contribution in [2.75, 3.05) is 24.7 Å². The van der Waals surface area contributed by atoms with Crippen LogP contribution < -0.4 is 11.1 Å². The van der Waals surface area contributed by atoms with E-state index in [4.69, 9.17) is 10.5 Å². The summed E-state index contributed by atoms with van der Waals surface area (Å²) in [5, 5.41) is 2.93. The van der Waals surface area contributed by atoms with E-state index in [-0.39, 0.29) is 23.5 Å². The van der Waals surface area contributed by atoms with Crippen LogP contribution in [-0.2, 0) is 9.53 Å². The molecule has 1 aliphatic rings. The molecule has 0 spiro atoms. The summed E-state index contributed by atoms with van der Waals surface area (Å²) in [4.78, 5) is 12.2. The zero-order valence-electron chi connectivity index (χ0n) is 10.5. The Kier molecular flexibility index (Phi) is 5.04. The van der Waals surface area contributed by atoms with Crippen LogP contribution in [0.4, 0.5) is 10.1 Å². The Balaban J connectivity index is 1.79. The first-order valence-corrected chi connectivity index (χ1v) is 7.18. The lowest BCUT2D eigenvalue weighted by Gasteiger charge is -2.23. The lowest BCUT2D eigenvalue weighted by Crippen LogP contribution is -2.39. The van der Waals surface area contributed by atoms with Gasteiger partial charge in [-0.2, -0.15) is 0 Å². The minimum atomic E-state index is -0.385. The van der Waals surface area contributed by atoms with Gasteiger partial charge in [-0.15, -0.1) is 11.8 Å². The van der Waals surface area contributed by atoms with Crippen LogP contribution in [0, 0.1) is 5.82 Å². The molecule has 2 rings (SSSR count). The molecule has 0 saturated carbocycles. The molecule has 0 unspecified atom stereocenters. The summed E-state index contributed by atoms with van der Waals surface area (Å²) in [6.45, 7) is 1.37. The van der Waals surface area contributed by atoms with Crippen molar-refractivity contribution in [2.24, 2.45) is 0 Å². The van der Waals surface area contributed by atoms with E-state index < -0.39 is 0 Å². The van der Waals surface area contributed by atoms with E-state index in [1.807, 2.05) is 0 Å². The van der Waals surface area contributed by atoms with Crippen LogP contribution in [0.3, 0.4) is 0 Å². The van der Waals surface area contributed by atoms with Gasteiger partial charge in [0.1, 0.15) is 5.82 Å². The van der Waals surface area contributed by atoms with Crippen LogP contribution in [0.5, 0.6) is 0 Å². The molecule has 0 bridgehead atoms. The fraction of sp³-hybridized carbons (Fsp3) is 0.462. The lowest BCUT2D eigenvalue weighted by molar-refractivity contribution is -0.119. The largest absolute Gasteiger partial charge is 0.399 e. The van der Waals surface area contributed by atoms with E-state index >= 15 is 0 Å². The van der Waals surface area contributed by atoms with Crippen molar-refractivity contribution in [1.29, 1.82) is 0 Å². The summed E-state index contributed by atoms with van der Waals surface area (Å²) in [6.07, 6.45) is 1.68. The number of carbonyl (C=O) groups excluding carboxylic acids is 1. The lowest BCUT2D eigenvalue weighted by atomic mass is 10.1. The van der Waals surface area contributed by atoms with Crippen LogP contribution in [0.15, 0.2) is 23.1 Å². The van der Waals surface area contributed by atoms with Crippen LogP contribution in [0.1, 0.15) is 12.8 Å². The van der Waals surface area contributed by atoms with Crippen molar-refractivity contribution < 1.29 is 13.9 Å². The quantitative estimate of drug-likeness (QED) is 0.653. The zero-order chi connectivity index (χ0) is 13.7. The monoisotopic (exact) mass is 284 g/mol. The number of hydrogen-bond donors (Lipinski definition) is 2. The average Bonchev–Trinajstić information content (AvgIpc) is 2.39. The number of nitrogen functional groups attached to an aromatic ring is 1. The van der Waals surface area contributed by atoms with E-state index in [0.717, 1.165) is 12.8 Å². The van der Waals surface area contributed by atoms with E-state index in [2.05, 4.69) is 5.32 Å². The van der Waals surface area contributed by atoms with Crippen LogP contribution >= 0.6 is 11.8 Å². The van der Waals surface area contributed by atoms with Crippen LogP contribution in [0.2, 0.25) is 0 Å². The molecule has 1 saturated heterocycles. The maximum Gasteiger partial charge on any atom is 0.230 e. The van der Waals surface area contributed by atoms with Gasteiger partial charge < -0.3 is 15.8 Å². The van der Waals surface area contributed by atoms with E-state index in [1.165, 1.54) is 17.8 Å². The molecule has 1 aliphatic heterocycles. The number of nitrogens with one attached hydrogen (secondary N) is 1. The maximum absolute atomic E-state index is 13.5. The third-order valence-electron chi connectivity index (χ3n) is 2.90. The number of benzene rings is 1. The van der Waals surface area contributed by atoms with E-state index in [1.54, 1.807) is 12.1 Å². The highest BCUT2D eigenvalue weighted by Gasteiger charge is 2.16. The predicted molar refractivity (Wildman–Crippen MR) is 73.5 cm³/mol. The standard InChI is InChI=1S/C13H17FN2O2S/c14-11-7-9(15)1-2-12(11)19-8-13(17)16-10-3-5-18-6-4-10/h1-2,7,10H,3-6,8,15H2,(H,16,17). The molecule has 3 N–H and O–H groups in total. The van der Waals surface area contributed by atoms with Gasteiger partial charge in [-0.05, 0) is 31.0 Å². The molecular weight excluding hydrogens is 267 g/mol. The van der Waals surface area contributed by atoms with Gasteiger partial charge in [-0.1, -0.05) is 0 Å². The summed E-state index contributed by atoms with van der Waals surface area (Å²) in [5.41, 5.74) is 5.85. The van der Waals surface area contributed by atoms with Gasteiger partial charge in [0.2, 0.25) is 5.91 Å². The van der Waals surface area contributed by atoms with E-state index in [9.17, 15) is 9.18 Å². The minimum Gasteiger partial charge on any atom is -0.399 e. The Morgan fingerprint density at radius 3 is 2.89 bits per heavy atom. The Labute approximate surface area is 115 Å². The highest BCUT2D eigenvalue weighted by Crippen LogP contribution is 2.23. The molecule has 0 aromatic heterocycles. The number of hydrogen-bond acceptors (Lipinski definition) is 4. The molecule has 1 fully saturated rings. The van der Waals surface area contributed by atoms with Crippen LogP contribution in [-0.4, -0.2) is 30.9 Å². The molecule has 4 nitrogen and oxygen atoms in total. The van der Waals surface area contributed by atoms with Gasteiger partial charge in [0.15, 0.2) is 0 Å². The smallest absolute Gasteiger partial charge is 0.230 e. The number of anilines is 1. The highest BCUT2D eigenvalue weighted by molar-refractivity contribution is 8.00. The fourth-order valence-corrected chi connectivity index (χ4v) is 2.62. The van der Waals surface area contributed by atoms with Gasteiger partial charge in [-0.3, -0.25) is 4.79 Å². The normalized spacial score (nSPS) is 16.3. The summed E-state index contributed by atoms with van der Waals surface area (Å²) in [7, 11) is 0. The second-order valence-electron chi connectivity index (χ2n) is 4.43. The Hall–Kier alpha value is -1.27. The first kappa shape index (κ1) is 14.1. The van der Waals surface area contributed by atoms with Crippen molar-refractivity contribution in [3.8, 4) is 0 Å². The van der Waals surface area contributed by atoms with Gasteiger partial charge in [-0.25, -0.2) is 4.39 Å². The first-order chi connectivity index (χ1) is 9.15. The second-order valence-corrected chi connectivity index (χ2v) is 5.45. The third-order valence-corrected chi connectivity index (χ3v) is 3.95. The topological polar surface area (TPSA) is 64.4 Å². The summed E-state index contributed by atoms with van der Waals surface area (Å²) in [5.74, 6) is -0.255. The number of nitrogens with two attached hydrogens (primary N) is 1. The van der Waals surface area contributed by atoms with Crippen molar-refractivity contribution in [1.82, 2.24) is 5.32 Å². The summed E-state index contributed by atoms with van der Waals surface area (Å²) >= 11 is 1.18. The SMILES string of the molecule is Nc1ccc(SCC(=O)NC2CCOCC2)c(F)c1. The Bertz CT molecular complexity index is 450. The molecule has 104 valence electrons. The van der Waals surface area contributed by atoms with Crippen LogP contribution in [0.25, 0.3) is 0 Å². The number of halogens is 1. The Morgan fingerprint density at radius 2 is 2.21 bits per heavy atom. The number of amides is 1. The molecule has 1 heterocycles. The van der Waals surface area contributed by atoms with Crippen molar-refractivity contribution in [3.05, 3.63) is 24.0 Å².